The Bertz CT molecular complexity index is 687. The van der Waals surface area contributed by atoms with Gasteiger partial charge in [0.25, 0.3) is 0 Å². The second-order valence-corrected chi connectivity index (χ2v) is 4.81. The van der Waals surface area contributed by atoms with Crippen molar-refractivity contribution in [3.05, 3.63) is 35.0 Å². The molecule has 0 aliphatic carbocycles. The smallest absolute Gasteiger partial charge is 0.337 e. The first-order valence-corrected chi connectivity index (χ1v) is 6.19. The van der Waals surface area contributed by atoms with Gasteiger partial charge in [0.05, 0.1) is 11.1 Å². The molecule has 0 radical (unpaired) electrons. The number of para-hydroxylation sites is 1. The SMILES string of the molecule is CC(=O)N1CCc2[nH]c3c(C(=O)O)cccc3c2C1. The molecule has 0 spiro atoms. The summed E-state index contributed by atoms with van der Waals surface area (Å²) in [6.07, 6.45) is 0.739. The fraction of sp³-hybridized carbons (Fsp3) is 0.286. The van der Waals surface area contributed by atoms with Crippen LogP contribution in [0.1, 0.15) is 28.5 Å². The van der Waals surface area contributed by atoms with Crippen molar-refractivity contribution in [1.82, 2.24) is 9.88 Å². The Morgan fingerprint density at radius 3 is 2.84 bits per heavy atom. The van der Waals surface area contributed by atoms with Gasteiger partial charge in [-0.15, -0.1) is 0 Å². The lowest BCUT2D eigenvalue weighted by Gasteiger charge is -2.25. The number of aromatic nitrogens is 1. The highest BCUT2D eigenvalue weighted by atomic mass is 16.4. The minimum atomic E-state index is -0.937. The summed E-state index contributed by atoms with van der Waals surface area (Å²) in [6, 6.07) is 5.24. The van der Waals surface area contributed by atoms with E-state index >= 15 is 0 Å². The number of amides is 1. The molecule has 2 heterocycles. The predicted octanol–water partition coefficient (Wildman–Crippen LogP) is 1.77. The molecule has 1 aliphatic rings. The van der Waals surface area contributed by atoms with Crippen LogP contribution in [0.5, 0.6) is 0 Å². The van der Waals surface area contributed by atoms with Gasteiger partial charge in [-0.1, -0.05) is 12.1 Å². The molecule has 0 saturated heterocycles. The van der Waals surface area contributed by atoms with E-state index in [0.717, 1.165) is 23.1 Å². The molecule has 3 rings (SSSR count). The van der Waals surface area contributed by atoms with Crippen LogP contribution in [-0.4, -0.2) is 33.4 Å². The predicted molar refractivity (Wildman–Crippen MR) is 70.1 cm³/mol. The molecule has 19 heavy (non-hydrogen) atoms. The largest absolute Gasteiger partial charge is 0.478 e. The van der Waals surface area contributed by atoms with Gasteiger partial charge in [-0.05, 0) is 6.07 Å². The average Bonchev–Trinajstić information content (AvgIpc) is 2.75. The fourth-order valence-corrected chi connectivity index (χ4v) is 2.69. The maximum atomic E-state index is 11.5. The molecule has 1 amide bonds. The van der Waals surface area contributed by atoms with Crippen LogP contribution in [0.25, 0.3) is 10.9 Å². The van der Waals surface area contributed by atoms with Gasteiger partial charge >= 0.3 is 5.97 Å². The maximum absolute atomic E-state index is 11.5. The normalized spacial score (nSPS) is 14.5. The van der Waals surface area contributed by atoms with Crippen LogP contribution in [0, 0.1) is 0 Å². The van der Waals surface area contributed by atoms with Crippen molar-refractivity contribution >= 4 is 22.8 Å². The van der Waals surface area contributed by atoms with E-state index < -0.39 is 5.97 Å². The monoisotopic (exact) mass is 258 g/mol. The van der Waals surface area contributed by atoms with Crippen LogP contribution >= 0.6 is 0 Å². The van der Waals surface area contributed by atoms with Crippen LogP contribution < -0.4 is 0 Å². The molecule has 2 N–H and O–H groups in total. The lowest BCUT2D eigenvalue weighted by molar-refractivity contribution is -0.129. The molecule has 1 aromatic carbocycles. The van der Waals surface area contributed by atoms with E-state index in [2.05, 4.69) is 4.98 Å². The minimum Gasteiger partial charge on any atom is -0.478 e. The number of benzene rings is 1. The number of carboxylic acid groups (broad SMARTS) is 1. The lowest BCUT2D eigenvalue weighted by atomic mass is 10.0. The number of H-pyrrole nitrogens is 1. The van der Waals surface area contributed by atoms with Gasteiger partial charge in [0.15, 0.2) is 0 Å². The van der Waals surface area contributed by atoms with E-state index in [9.17, 15) is 14.7 Å². The molecular weight excluding hydrogens is 244 g/mol. The Labute approximate surface area is 109 Å². The van der Waals surface area contributed by atoms with E-state index in [-0.39, 0.29) is 11.5 Å². The van der Waals surface area contributed by atoms with Gasteiger partial charge in [-0.3, -0.25) is 4.79 Å². The zero-order valence-electron chi connectivity index (χ0n) is 10.6. The summed E-state index contributed by atoms with van der Waals surface area (Å²) in [7, 11) is 0. The van der Waals surface area contributed by atoms with Crippen molar-refractivity contribution in [3.8, 4) is 0 Å². The number of carbonyl (C=O) groups excluding carboxylic acids is 1. The number of hydrogen-bond acceptors (Lipinski definition) is 2. The van der Waals surface area contributed by atoms with E-state index in [1.165, 1.54) is 0 Å². The third kappa shape index (κ3) is 1.78. The van der Waals surface area contributed by atoms with Crippen molar-refractivity contribution in [3.63, 3.8) is 0 Å². The molecule has 0 bridgehead atoms. The number of rotatable bonds is 1. The number of carbonyl (C=O) groups is 2. The third-order valence-corrected chi connectivity index (χ3v) is 3.69. The number of hydrogen-bond donors (Lipinski definition) is 2. The second kappa shape index (κ2) is 4.12. The van der Waals surface area contributed by atoms with Gasteiger partial charge < -0.3 is 15.0 Å². The van der Waals surface area contributed by atoms with Gasteiger partial charge in [-0.2, -0.15) is 0 Å². The molecular formula is C14H14N2O3. The first-order chi connectivity index (χ1) is 9.08. The van der Waals surface area contributed by atoms with Gasteiger partial charge in [0, 0.05) is 43.1 Å². The van der Waals surface area contributed by atoms with Crippen LogP contribution in [0.3, 0.4) is 0 Å². The molecule has 0 unspecified atom stereocenters. The highest BCUT2D eigenvalue weighted by molar-refractivity contribution is 6.03. The first kappa shape index (κ1) is 11.8. The molecule has 5 heteroatoms. The summed E-state index contributed by atoms with van der Waals surface area (Å²) in [4.78, 5) is 27.7. The van der Waals surface area contributed by atoms with Crippen LogP contribution in [0.4, 0.5) is 0 Å². The topological polar surface area (TPSA) is 73.4 Å². The molecule has 0 fully saturated rings. The number of nitrogens with zero attached hydrogens (tertiary/aromatic N) is 1. The summed E-state index contributed by atoms with van der Waals surface area (Å²) < 4.78 is 0. The van der Waals surface area contributed by atoms with Crippen LogP contribution in [0.15, 0.2) is 18.2 Å². The maximum Gasteiger partial charge on any atom is 0.337 e. The summed E-state index contributed by atoms with van der Waals surface area (Å²) in [5.41, 5.74) is 3.02. The summed E-state index contributed by atoms with van der Waals surface area (Å²) in [5, 5.41) is 10.1. The van der Waals surface area contributed by atoms with E-state index in [1.54, 1.807) is 24.0 Å². The van der Waals surface area contributed by atoms with Crippen molar-refractivity contribution in [2.45, 2.75) is 19.9 Å². The van der Waals surface area contributed by atoms with Crippen molar-refractivity contribution < 1.29 is 14.7 Å². The second-order valence-electron chi connectivity index (χ2n) is 4.81. The Balaban J connectivity index is 2.17. The molecule has 5 nitrogen and oxygen atoms in total. The zero-order valence-corrected chi connectivity index (χ0v) is 10.6. The Kier molecular flexibility index (Phi) is 2.55. The van der Waals surface area contributed by atoms with E-state index in [0.29, 0.717) is 18.6 Å². The molecule has 1 aliphatic heterocycles. The Morgan fingerprint density at radius 1 is 1.37 bits per heavy atom. The summed E-state index contributed by atoms with van der Waals surface area (Å²) in [6.45, 7) is 2.79. The van der Waals surface area contributed by atoms with E-state index in [4.69, 9.17) is 0 Å². The van der Waals surface area contributed by atoms with Crippen LogP contribution in [0.2, 0.25) is 0 Å². The van der Waals surface area contributed by atoms with Crippen molar-refractivity contribution in [1.29, 1.82) is 0 Å². The zero-order chi connectivity index (χ0) is 13.6. The van der Waals surface area contributed by atoms with Gasteiger partial charge in [0.1, 0.15) is 0 Å². The van der Waals surface area contributed by atoms with Gasteiger partial charge in [0.2, 0.25) is 5.91 Å². The third-order valence-electron chi connectivity index (χ3n) is 3.69. The molecule has 2 aromatic rings. The standard InChI is InChI=1S/C14H14N2O3/c1-8(17)16-6-5-12-11(7-16)9-3-2-4-10(14(18)19)13(9)15-12/h2-4,15H,5-7H2,1H3,(H,18,19). The van der Waals surface area contributed by atoms with E-state index in [1.807, 2.05) is 6.07 Å². The highest BCUT2D eigenvalue weighted by Crippen LogP contribution is 2.29. The highest BCUT2D eigenvalue weighted by Gasteiger charge is 2.23. The molecule has 98 valence electrons. The van der Waals surface area contributed by atoms with Gasteiger partial charge in [-0.25, -0.2) is 4.79 Å². The van der Waals surface area contributed by atoms with Crippen molar-refractivity contribution in [2.75, 3.05) is 6.54 Å². The first-order valence-electron chi connectivity index (χ1n) is 6.19. The Morgan fingerprint density at radius 2 is 2.16 bits per heavy atom. The quantitative estimate of drug-likeness (QED) is 0.818. The molecule has 0 saturated carbocycles. The number of aromatic carboxylic acids is 1. The number of aromatic amines is 1. The Hall–Kier alpha value is -2.30. The minimum absolute atomic E-state index is 0.0504. The number of carboxylic acids is 1. The summed E-state index contributed by atoms with van der Waals surface area (Å²) in [5.74, 6) is -0.887. The molecule has 0 atom stereocenters. The number of fused-ring (bicyclic) bond motifs is 3. The average molecular weight is 258 g/mol. The summed E-state index contributed by atoms with van der Waals surface area (Å²) >= 11 is 0. The van der Waals surface area contributed by atoms with Crippen molar-refractivity contribution in [2.24, 2.45) is 0 Å². The molecule has 1 aromatic heterocycles. The van der Waals surface area contributed by atoms with Crippen LogP contribution in [-0.2, 0) is 17.8 Å². The lowest BCUT2D eigenvalue weighted by Crippen LogP contribution is -2.33. The number of nitrogens with one attached hydrogen (secondary N) is 1. The fourth-order valence-electron chi connectivity index (χ4n) is 2.69.